The van der Waals surface area contributed by atoms with Gasteiger partial charge in [0.25, 0.3) is 5.69 Å². The molecule has 3 fully saturated rings. The van der Waals surface area contributed by atoms with Crippen molar-refractivity contribution in [1.82, 2.24) is 15.1 Å². The quantitative estimate of drug-likeness (QED) is 0.390. The van der Waals surface area contributed by atoms with Crippen molar-refractivity contribution >= 4 is 23.6 Å². The molecule has 0 spiro atoms. The van der Waals surface area contributed by atoms with Gasteiger partial charge in [-0.3, -0.25) is 19.7 Å². The highest BCUT2D eigenvalue weighted by atomic mass is 16.6. The second-order valence-corrected chi connectivity index (χ2v) is 9.89. The topological polar surface area (TPSA) is 95.8 Å². The van der Waals surface area contributed by atoms with Gasteiger partial charge in [0.15, 0.2) is 0 Å². The molecule has 8 nitrogen and oxygen atoms in total. The SMILES string of the molecule is O=C(NC1CCCCC1)C1CCN(C2CCN(C(=O)/C=C/c3ccc([N+](=O)[O-])cc3)CC2)CC1. The third-order valence-corrected chi connectivity index (χ3v) is 7.67. The molecule has 2 aliphatic heterocycles. The molecular weight excluding hydrogens is 432 g/mol. The van der Waals surface area contributed by atoms with Gasteiger partial charge in [0.2, 0.25) is 11.8 Å². The maximum absolute atomic E-state index is 12.7. The third-order valence-electron chi connectivity index (χ3n) is 7.67. The largest absolute Gasteiger partial charge is 0.353 e. The number of amides is 2. The summed E-state index contributed by atoms with van der Waals surface area (Å²) in [5.41, 5.74) is 0.809. The molecule has 0 atom stereocenters. The zero-order valence-corrected chi connectivity index (χ0v) is 19.9. The number of rotatable bonds is 6. The van der Waals surface area contributed by atoms with E-state index < -0.39 is 4.92 Å². The van der Waals surface area contributed by atoms with Gasteiger partial charge in [-0.05, 0) is 75.4 Å². The van der Waals surface area contributed by atoms with E-state index in [4.69, 9.17) is 0 Å². The van der Waals surface area contributed by atoms with Gasteiger partial charge in [-0.25, -0.2) is 0 Å². The Kier molecular flexibility index (Phi) is 8.32. The van der Waals surface area contributed by atoms with Gasteiger partial charge in [-0.1, -0.05) is 19.3 Å². The molecule has 0 unspecified atom stereocenters. The molecule has 0 radical (unpaired) electrons. The molecule has 184 valence electrons. The highest BCUT2D eigenvalue weighted by Gasteiger charge is 2.32. The molecule has 2 heterocycles. The average molecular weight is 469 g/mol. The second kappa shape index (κ2) is 11.6. The molecule has 3 aliphatic rings. The fourth-order valence-corrected chi connectivity index (χ4v) is 5.52. The highest BCUT2D eigenvalue weighted by molar-refractivity contribution is 5.91. The van der Waals surface area contributed by atoms with Gasteiger partial charge in [-0.15, -0.1) is 0 Å². The van der Waals surface area contributed by atoms with Crippen LogP contribution in [0.3, 0.4) is 0 Å². The fraction of sp³-hybridized carbons (Fsp3) is 0.615. The van der Waals surface area contributed by atoms with E-state index in [2.05, 4.69) is 10.2 Å². The summed E-state index contributed by atoms with van der Waals surface area (Å²) in [5.74, 6) is 0.381. The number of likely N-dealkylation sites (tertiary alicyclic amines) is 2. The zero-order valence-electron chi connectivity index (χ0n) is 19.9. The van der Waals surface area contributed by atoms with E-state index in [0.29, 0.717) is 12.1 Å². The predicted octanol–water partition coefficient (Wildman–Crippen LogP) is 3.76. The normalized spacial score (nSPS) is 21.6. The standard InChI is InChI=1S/C26H36N4O4/c31-25(11-8-20-6-9-24(10-7-20)30(33)34)29-18-14-23(15-19-29)28-16-12-21(13-17-28)26(32)27-22-4-2-1-3-5-22/h6-11,21-23H,1-5,12-19H2,(H,27,32)/b11-8+. The van der Waals surface area contributed by atoms with Crippen molar-refractivity contribution in [3.63, 3.8) is 0 Å². The Labute approximate surface area is 201 Å². The van der Waals surface area contributed by atoms with Crippen LogP contribution in [0, 0.1) is 16.0 Å². The first-order valence-corrected chi connectivity index (χ1v) is 12.8. The summed E-state index contributed by atoms with van der Waals surface area (Å²) in [6, 6.07) is 7.04. The smallest absolute Gasteiger partial charge is 0.269 e. The maximum atomic E-state index is 12.7. The predicted molar refractivity (Wildman–Crippen MR) is 131 cm³/mol. The van der Waals surface area contributed by atoms with Crippen molar-refractivity contribution in [1.29, 1.82) is 0 Å². The molecule has 1 N–H and O–H groups in total. The van der Waals surface area contributed by atoms with Crippen molar-refractivity contribution < 1.29 is 14.5 Å². The number of carbonyl (C=O) groups is 2. The maximum Gasteiger partial charge on any atom is 0.269 e. The number of benzene rings is 1. The Balaban J connectivity index is 1.18. The second-order valence-electron chi connectivity index (χ2n) is 9.89. The minimum atomic E-state index is -0.433. The van der Waals surface area contributed by atoms with E-state index >= 15 is 0 Å². The molecule has 1 saturated carbocycles. The lowest BCUT2D eigenvalue weighted by atomic mass is 9.91. The van der Waals surface area contributed by atoms with Gasteiger partial charge in [0, 0.05) is 49.3 Å². The van der Waals surface area contributed by atoms with Crippen molar-refractivity contribution in [2.75, 3.05) is 26.2 Å². The first kappa shape index (κ1) is 24.4. The molecule has 1 aromatic rings. The highest BCUT2D eigenvalue weighted by Crippen LogP contribution is 2.25. The first-order valence-electron chi connectivity index (χ1n) is 12.8. The van der Waals surface area contributed by atoms with Crippen LogP contribution in [0.25, 0.3) is 6.08 Å². The molecular formula is C26H36N4O4. The number of non-ortho nitro benzene ring substituents is 1. The van der Waals surface area contributed by atoms with Gasteiger partial charge >= 0.3 is 0 Å². The van der Waals surface area contributed by atoms with Gasteiger partial charge in [0.1, 0.15) is 0 Å². The minimum absolute atomic E-state index is 0.0186. The molecule has 34 heavy (non-hydrogen) atoms. The van der Waals surface area contributed by atoms with Crippen LogP contribution in [-0.4, -0.2) is 64.8 Å². The van der Waals surface area contributed by atoms with Crippen LogP contribution in [0.2, 0.25) is 0 Å². The van der Waals surface area contributed by atoms with E-state index in [0.717, 1.165) is 70.3 Å². The summed E-state index contributed by atoms with van der Waals surface area (Å²) in [6.45, 7) is 3.38. The van der Waals surface area contributed by atoms with Gasteiger partial charge < -0.3 is 15.1 Å². The first-order chi connectivity index (χ1) is 16.5. The summed E-state index contributed by atoms with van der Waals surface area (Å²) in [6.07, 6.45) is 13.0. The Hall–Kier alpha value is -2.74. The van der Waals surface area contributed by atoms with Crippen molar-refractivity contribution in [2.45, 2.75) is 69.9 Å². The fourth-order valence-electron chi connectivity index (χ4n) is 5.52. The van der Waals surface area contributed by atoms with Crippen LogP contribution in [-0.2, 0) is 9.59 Å². The Morgan fingerprint density at radius 3 is 2.18 bits per heavy atom. The van der Waals surface area contributed by atoms with Crippen LogP contribution < -0.4 is 5.32 Å². The molecule has 2 saturated heterocycles. The summed E-state index contributed by atoms with van der Waals surface area (Å²) >= 11 is 0. The van der Waals surface area contributed by atoms with E-state index in [1.54, 1.807) is 24.3 Å². The monoisotopic (exact) mass is 468 g/mol. The molecule has 4 rings (SSSR count). The van der Waals surface area contributed by atoms with E-state index in [9.17, 15) is 19.7 Å². The van der Waals surface area contributed by atoms with Crippen LogP contribution in [0.1, 0.15) is 63.4 Å². The van der Waals surface area contributed by atoms with Gasteiger partial charge in [0.05, 0.1) is 4.92 Å². The number of piperidine rings is 2. The van der Waals surface area contributed by atoms with Crippen molar-refractivity contribution in [2.24, 2.45) is 5.92 Å². The minimum Gasteiger partial charge on any atom is -0.353 e. The molecule has 0 bridgehead atoms. The third kappa shape index (κ3) is 6.44. The molecule has 1 aliphatic carbocycles. The summed E-state index contributed by atoms with van der Waals surface area (Å²) in [4.78, 5) is 40.0. The Morgan fingerprint density at radius 2 is 1.56 bits per heavy atom. The van der Waals surface area contributed by atoms with E-state index in [-0.39, 0.29) is 23.4 Å². The number of carbonyl (C=O) groups excluding carboxylic acids is 2. The number of nitro benzene ring substituents is 1. The lowest BCUT2D eigenvalue weighted by Crippen LogP contribution is -2.50. The average Bonchev–Trinajstić information content (AvgIpc) is 2.88. The lowest BCUT2D eigenvalue weighted by molar-refractivity contribution is -0.384. The number of nitrogens with zero attached hydrogens (tertiary/aromatic N) is 3. The van der Waals surface area contributed by atoms with Crippen LogP contribution in [0.5, 0.6) is 0 Å². The molecule has 8 heteroatoms. The zero-order chi connectivity index (χ0) is 23.9. The lowest BCUT2D eigenvalue weighted by Gasteiger charge is -2.41. The number of nitro groups is 1. The summed E-state index contributed by atoms with van der Waals surface area (Å²) in [5, 5.41) is 14.0. The molecule has 2 amide bonds. The summed E-state index contributed by atoms with van der Waals surface area (Å²) < 4.78 is 0. The van der Waals surface area contributed by atoms with Crippen molar-refractivity contribution in [3.05, 3.63) is 46.0 Å². The van der Waals surface area contributed by atoms with Crippen LogP contribution in [0.4, 0.5) is 5.69 Å². The Bertz CT molecular complexity index is 879. The van der Waals surface area contributed by atoms with Crippen molar-refractivity contribution in [3.8, 4) is 0 Å². The van der Waals surface area contributed by atoms with E-state index in [1.165, 1.54) is 31.4 Å². The van der Waals surface area contributed by atoms with Crippen LogP contribution in [0.15, 0.2) is 30.3 Å². The van der Waals surface area contributed by atoms with Gasteiger partial charge in [-0.2, -0.15) is 0 Å². The Morgan fingerprint density at radius 1 is 0.912 bits per heavy atom. The summed E-state index contributed by atoms with van der Waals surface area (Å²) in [7, 11) is 0. The number of nitrogens with one attached hydrogen (secondary N) is 1. The number of hydrogen-bond acceptors (Lipinski definition) is 5. The molecule has 0 aromatic heterocycles. The van der Waals surface area contributed by atoms with E-state index in [1.807, 2.05) is 4.90 Å². The number of hydrogen-bond donors (Lipinski definition) is 1. The molecule has 1 aromatic carbocycles. The van der Waals surface area contributed by atoms with Crippen LogP contribution >= 0.6 is 0 Å².